The molecule has 0 aromatic rings. The Morgan fingerprint density at radius 1 is 1.33 bits per heavy atom. The lowest BCUT2D eigenvalue weighted by Gasteiger charge is -2.07. The van der Waals surface area contributed by atoms with Crippen molar-refractivity contribution in [2.45, 2.75) is 46.5 Å². The molecule has 0 saturated carbocycles. The highest BCUT2D eigenvalue weighted by atomic mass is 16.2. The molecule has 0 aliphatic rings. The number of allylic oxidation sites excluding steroid dienone is 2. The number of rotatable bonds is 6. The third-order valence-corrected chi connectivity index (χ3v) is 2.34. The van der Waals surface area contributed by atoms with Crippen LogP contribution in [0.3, 0.4) is 0 Å². The maximum Gasteiger partial charge on any atom is 0.0433 e. The molecular weight excluding hydrogens is 148 g/mol. The Balaban J connectivity index is 3.68. The topological polar surface area (TPSA) is 20.2 Å². The van der Waals surface area contributed by atoms with Crippen molar-refractivity contribution in [3.05, 3.63) is 11.6 Å². The number of hydrogen-bond donors (Lipinski definition) is 1. The molecule has 0 unspecified atom stereocenters. The van der Waals surface area contributed by atoms with Gasteiger partial charge in [0.2, 0.25) is 0 Å². The van der Waals surface area contributed by atoms with E-state index in [4.69, 9.17) is 5.11 Å². The standard InChI is InChI=1S/C11H22O/c1-4-11(5-2)7-6-10(3)8-9-12/h7,10,12H,4-6,8-9H2,1-3H3/t10-/m0/s1. The highest BCUT2D eigenvalue weighted by Crippen LogP contribution is 2.12. The van der Waals surface area contributed by atoms with Gasteiger partial charge in [-0.3, -0.25) is 0 Å². The lowest BCUT2D eigenvalue weighted by Crippen LogP contribution is -1.96. The first-order valence-corrected chi connectivity index (χ1v) is 5.03. The Kier molecular flexibility index (Phi) is 7.17. The van der Waals surface area contributed by atoms with Gasteiger partial charge in [-0.2, -0.15) is 0 Å². The van der Waals surface area contributed by atoms with Crippen molar-refractivity contribution in [3.8, 4) is 0 Å². The van der Waals surface area contributed by atoms with Crippen molar-refractivity contribution >= 4 is 0 Å². The predicted molar refractivity (Wildman–Crippen MR) is 54.1 cm³/mol. The molecule has 0 amide bonds. The summed E-state index contributed by atoms with van der Waals surface area (Å²) in [5.74, 6) is 0.628. The van der Waals surface area contributed by atoms with Crippen LogP contribution in [-0.4, -0.2) is 11.7 Å². The second kappa shape index (κ2) is 7.35. The van der Waals surface area contributed by atoms with Crippen LogP contribution in [0.1, 0.15) is 46.5 Å². The van der Waals surface area contributed by atoms with Gasteiger partial charge in [0.15, 0.2) is 0 Å². The molecule has 0 saturated heterocycles. The average Bonchev–Trinajstić information content (AvgIpc) is 2.07. The molecule has 1 heteroatoms. The van der Waals surface area contributed by atoms with Crippen LogP contribution in [-0.2, 0) is 0 Å². The summed E-state index contributed by atoms with van der Waals surface area (Å²) in [5.41, 5.74) is 1.54. The molecule has 1 nitrogen and oxygen atoms in total. The van der Waals surface area contributed by atoms with Gasteiger partial charge in [0.05, 0.1) is 0 Å². The first kappa shape index (κ1) is 11.7. The minimum absolute atomic E-state index is 0.322. The highest BCUT2D eigenvalue weighted by molar-refractivity contribution is 5.00. The van der Waals surface area contributed by atoms with Crippen LogP contribution in [0.2, 0.25) is 0 Å². The molecule has 1 N–H and O–H groups in total. The monoisotopic (exact) mass is 170 g/mol. The third kappa shape index (κ3) is 5.36. The van der Waals surface area contributed by atoms with E-state index in [9.17, 15) is 0 Å². The van der Waals surface area contributed by atoms with Gasteiger partial charge >= 0.3 is 0 Å². The summed E-state index contributed by atoms with van der Waals surface area (Å²) in [5, 5.41) is 8.70. The van der Waals surface area contributed by atoms with Crippen molar-refractivity contribution < 1.29 is 5.11 Å². The highest BCUT2D eigenvalue weighted by Gasteiger charge is 1.98. The molecule has 0 aromatic heterocycles. The van der Waals surface area contributed by atoms with E-state index < -0.39 is 0 Å². The van der Waals surface area contributed by atoms with Crippen LogP contribution < -0.4 is 0 Å². The molecule has 0 bridgehead atoms. The SMILES string of the molecule is CCC(=CC[C@H](C)CCO)CC. The van der Waals surface area contributed by atoms with Gasteiger partial charge in [-0.1, -0.05) is 32.4 Å². The molecule has 0 fully saturated rings. The summed E-state index contributed by atoms with van der Waals surface area (Å²) in [6.45, 7) is 6.91. The minimum Gasteiger partial charge on any atom is -0.396 e. The van der Waals surface area contributed by atoms with Crippen LogP contribution in [0.5, 0.6) is 0 Å². The molecule has 0 radical (unpaired) electrons. The van der Waals surface area contributed by atoms with E-state index in [1.807, 2.05) is 0 Å². The van der Waals surface area contributed by atoms with Crippen molar-refractivity contribution in [3.63, 3.8) is 0 Å². The Morgan fingerprint density at radius 2 is 1.92 bits per heavy atom. The van der Waals surface area contributed by atoms with Crippen LogP contribution in [0, 0.1) is 5.92 Å². The normalized spacial score (nSPS) is 12.7. The van der Waals surface area contributed by atoms with Crippen molar-refractivity contribution in [2.75, 3.05) is 6.61 Å². The molecule has 0 aliphatic heterocycles. The van der Waals surface area contributed by atoms with E-state index in [1.165, 1.54) is 12.8 Å². The van der Waals surface area contributed by atoms with E-state index in [1.54, 1.807) is 5.57 Å². The van der Waals surface area contributed by atoms with E-state index in [-0.39, 0.29) is 0 Å². The molecule has 72 valence electrons. The number of aliphatic hydroxyl groups excluding tert-OH is 1. The van der Waals surface area contributed by atoms with E-state index in [0.717, 1.165) is 12.8 Å². The van der Waals surface area contributed by atoms with Crippen LogP contribution in [0.15, 0.2) is 11.6 Å². The second-order valence-electron chi connectivity index (χ2n) is 3.42. The van der Waals surface area contributed by atoms with E-state index >= 15 is 0 Å². The van der Waals surface area contributed by atoms with Crippen LogP contribution >= 0.6 is 0 Å². The largest absolute Gasteiger partial charge is 0.396 e. The molecule has 0 heterocycles. The first-order chi connectivity index (χ1) is 5.74. The average molecular weight is 170 g/mol. The Hall–Kier alpha value is -0.300. The zero-order chi connectivity index (χ0) is 9.40. The number of hydrogen-bond acceptors (Lipinski definition) is 1. The fourth-order valence-electron chi connectivity index (χ4n) is 1.24. The lowest BCUT2D eigenvalue weighted by atomic mass is 10.0. The van der Waals surface area contributed by atoms with Gasteiger partial charge in [-0.25, -0.2) is 0 Å². The Bertz CT molecular complexity index is 121. The zero-order valence-electron chi connectivity index (χ0n) is 8.64. The summed E-state index contributed by atoms with van der Waals surface area (Å²) in [6.07, 6.45) is 6.72. The molecule has 1 atom stereocenters. The summed E-state index contributed by atoms with van der Waals surface area (Å²) in [7, 11) is 0. The molecule has 12 heavy (non-hydrogen) atoms. The summed E-state index contributed by atoms with van der Waals surface area (Å²) >= 11 is 0. The van der Waals surface area contributed by atoms with Gasteiger partial charge in [0.1, 0.15) is 0 Å². The van der Waals surface area contributed by atoms with Gasteiger partial charge in [-0.05, 0) is 31.6 Å². The van der Waals surface area contributed by atoms with Crippen molar-refractivity contribution in [1.29, 1.82) is 0 Å². The molecular formula is C11H22O. The van der Waals surface area contributed by atoms with Crippen LogP contribution in [0.4, 0.5) is 0 Å². The zero-order valence-corrected chi connectivity index (χ0v) is 8.64. The quantitative estimate of drug-likeness (QED) is 0.607. The van der Waals surface area contributed by atoms with E-state index in [2.05, 4.69) is 26.8 Å². The summed E-state index contributed by atoms with van der Waals surface area (Å²) in [4.78, 5) is 0. The van der Waals surface area contributed by atoms with Crippen molar-refractivity contribution in [1.82, 2.24) is 0 Å². The maximum absolute atomic E-state index is 8.70. The Morgan fingerprint density at radius 3 is 2.33 bits per heavy atom. The van der Waals surface area contributed by atoms with Gasteiger partial charge < -0.3 is 5.11 Å². The summed E-state index contributed by atoms with van der Waals surface area (Å²) in [6, 6.07) is 0. The first-order valence-electron chi connectivity index (χ1n) is 5.03. The fraction of sp³-hybridized carbons (Fsp3) is 0.818. The minimum atomic E-state index is 0.322. The molecule has 0 aromatic carbocycles. The molecule has 0 rings (SSSR count). The van der Waals surface area contributed by atoms with Gasteiger partial charge in [0.25, 0.3) is 0 Å². The van der Waals surface area contributed by atoms with Gasteiger partial charge in [-0.15, -0.1) is 0 Å². The second-order valence-corrected chi connectivity index (χ2v) is 3.42. The van der Waals surface area contributed by atoms with Gasteiger partial charge in [0, 0.05) is 6.61 Å². The van der Waals surface area contributed by atoms with E-state index in [0.29, 0.717) is 12.5 Å². The number of aliphatic hydroxyl groups is 1. The fourth-order valence-corrected chi connectivity index (χ4v) is 1.24. The predicted octanol–water partition coefficient (Wildman–Crippen LogP) is 3.14. The third-order valence-electron chi connectivity index (χ3n) is 2.34. The molecule has 0 aliphatic carbocycles. The molecule has 0 spiro atoms. The lowest BCUT2D eigenvalue weighted by molar-refractivity contribution is 0.263. The summed E-state index contributed by atoms with van der Waals surface area (Å²) < 4.78 is 0. The van der Waals surface area contributed by atoms with Crippen molar-refractivity contribution in [2.24, 2.45) is 5.92 Å². The van der Waals surface area contributed by atoms with Crippen LogP contribution in [0.25, 0.3) is 0 Å². The smallest absolute Gasteiger partial charge is 0.0433 e. The maximum atomic E-state index is 8.70. The Labute approximate surface area is 76.5 Å².